The molecule has 0 aromatic carbocycles. The number of alkyl halides is 3. The van der Waals surface area contributed by atoms with Crippen LogP contribution in [0.1, 0.15) is 32.6 Å². The number of amides is 2. The fraction of sp³-hybridized carbons (Fsp3) is 0.833. The van der Waals surface area contributed by atoms with Gasteiger partial charge in [0.2, 0.25) is 0 Å². The van der Waals surface area contributed by atoms with Crippen LogP contribution >= 0.6 is 0 Å². The molecule has 2 heterocycles. The van der Waals surface area contributed by atoms with E-state index in [-0.39, 0.29) is 6.04 Å². The van der Waals surface area contributed by atoms with E-state index in [0.29, 0.717) is 12.8 Å². The summed E-state index contributed by atoms with van der Waals surface area (Å²) in [5.41, 5.74) is 0. The highest BCUT2D eigenvalue weighted by Crippen LogP contribution is 2.41. The normalized spacial score (nSPS) is 30.4. The summed E-state index contributed by atoms with van der Waals surface area (Å²) in [4.78, 5) is 24.5. The van der Waals surface area contributed by atoms with Crippen molar-refractivity contribution in [3.8, 4) is 0 Å². The zero-order valence-corrected chi connectivity index (χ0v) is 11.0. The third-order valence-electron chi connectivity index (χ3n) is 4.00. The fourth-order valence-corrected chi connectivity index (χ4v) is 3.25. The van der Waals surface area contributed by atoms with Crippen LogP contribution in [0.25, 0.3) is 0 Å². The summed E-state index contributed by atoms with van der Waals surface area (Å²) >= 11 is 0. The maximum Gasteiger partial charge on any atom is 0.391 e. The summed E-state index contributed by atoms with van der Waals surface area (Å²) < 4.78 is 36.7. The van der Waals surface area contributed by atoms with E-state index in [1.54, 1.807) is 0 Å². The number of fused-ring (bicyclic) bond motifs is 2. The van der Waals surface area contributed by atoms with E-state index in [2.05, 4.69) is 5.32 Å². The van der Waals surface area contributed by atoms with E-state index in [9.17, 15) is 22.8 Å². The fourth-order valence-electron chi connectivity index (χ4n) is 3.25. The van der Waals surface area contributed by atoms with Gasteiger partial charge < -0.3 is 15.3 Å². The Morgan fingerprint density at radius 1 is 1.40 bits per heavy atom. The van der Waals surface area contributed by atoms with Gasteiger partial charge in [-0.2, -0.15) is 13.2 Å². The number of halogens is 3. The summed E-state index contributed by atoms with van der Waals surface area (Å²) in [5.74, 6) is -1.55. The lowest BCUT2D eigenvalue weighted by atomic mass is 9.89. The minimum atomic E-state index is -4.33. The number of hydrogen-bond acceptors (Lipinski definition) is 2. The molecule has 2 rings (SSSR count). The molecule has 0 aliphatic carbocycles. The molecule has 8 heteroatoms. The Hall–Kier alpha value is -1.47. The Labute approximate surface area is 114 Å². The number of aliphatic carboxylic acids is 1. The standard InChI is InChI=1S/C12H17F3N2O3/c1-6(5-12(13,14)15)16-11(20)17-7-2-3-9(17)8(4-7)10(18)19/h6-9H,2-5H2,1H3,(H,16,20)(H,18,19). The molecule has 5 nitrogen and oxygen atoms in total. The number of carbonyl (C=O) groups excluding carboxylic acids is 1. The van der Waals surface area contributed by atoms with Crippen LogP contribution < -0.4 is 5.32 Å². The molecule has 2 bridgehead atoms. The molecule has 4 atom stereocenters. The monoisotopic (exact) mass is 294 g/mol. The van der Waals surface area contributed by atoms with Gasteiger partial charge in [-0.25, -0.2) is 4.79 Å². The van der Waals surface area contributed by atoms with Gasteiger partial charge >= 0.3 is 18.2 Å². The van der Waals surface area contributed by atoms with Crippen LogP contribution in [0.15, 0.2) is 0 Å². The molecular formula is C12H17F3N2O3. The molecule has 20 heavy (non-hydrogen) atoms. The van der Waals surface area contributed by atoms with Crippen molar-refractivity contribution in [3.63, 3.8) is 0 Å². The van der Waals surface area contributed by atoms with Crippen LogP contribution in [0.3, 0.4) is 0 Å². The van der Waals surface area contributed by atoms with Gasteiger partial charge in [0.15, 0.2) is 0 Å². The molecule has 0 spiro atoms. The number of carbonyl (C=O) groups is 2. The van der Waals surface area contributed by atoms with Crippen molar-refractivity contribution in [3.05, 3.63) is 0 Å². The molecule has 2 fully saturated rings. The van der Waals surface area contributed by atoms with Crippen molar-refractivity contribution >= 4 is 12.0 Å². The van der Waals surface area contributed by atoms with Crippen LogP contribution in [0.5, 0.6) is 0 Å². The second kappa shape index (κ2) is 5.14. The first-order valence-electron chi connectivity index (χ1n) is 6.57. The number of urea groups is 1. The zero-order valence-electron chi connectivity index (χ0n) is 11.0. The molecule has 2 N–H and O–H groups in total. The van der Waals surface area contributed by atoms with Gasteiger partial charge in [0.25, 0.3) is 0 Å². The molecule has 0 saturated carbocycles. The van der Waals surface area contributed by atoms with Crippen LogP contribution in [-0.2, 0) is 4.79 Å². The highest BCUT2D eigenvalue weighted by atomic mass is 19.4. The molecular weight excluding hydrogens is 277 g/mol. The van der Waals surface area contributed by atoms with Gasteiger partial charge in [-0.1, -0.05) is 0 Å². The topological polar surface area (TPSA) is 69.6 Å². The smallest absolute Gasteiger partial charge is 0.391 e. The van der Waals surface area contributed by atoms with Crippen LogP contribution in [-0.4, -0.2) is 46.3 Å². The zero-order chi connectivity index (χ0) is 15.1. The van der Waals surface area contributed by atoms with Crippen LogP contribution in [0.4, 0.5) is 18.0 Å². The second-order valence-corrected chi connectivity index (χ2v) is 5.56. The van der Waals surface area contributed by atoms with Gasteiger partial charge in [-0.15, -0.1) is 0 Å². The molecule has 2 aliphatic heterocycles. The minimum absolute atomic E-state index is 0.167. The molecule has 4 unspecified atom stereocenters. The minimum Gasteiger partial charge on any atom is -0.481 e. The van der Waals surface area contributed by atoms with E-state index >= 15 is 0 Å². The van der Waals surface area contributed by atoms with Crippen molar-refractivity contribution in [2.45, 2.75) is 56.9 Å². The van der Waals surface area contributed by atoms with E-state index < -0.39 is 42.6 Å². The lowest BCUT2D eigenvalue weighted by Crippen LogP contribution is -2.48. The Morgan fingerprint density at radius 3 is 2.55 bits per heavy atom. The quantitative estimate of drug-likeness (QED) is 0.836. The third kappa shape index (κ3) is 2.99. The van der Waals surface area contributed by atoms with E-state index in [4.69, 9.17) is 5.11 Å². The van der Waals surface area contributed by atoms with E-state index in [1.807, 2.05) is 0 Å². The third-order valence-corrected chi connectivity index (χ3v) is 4.00. The number of rotatable bonds is 3. The largest absolute Gasteiger partial charge is 0.481 e. The van der Waals surface area contributed by atoms with E-state index in [1.165, 1.54) is 11.8 Å². The lowest BCUT2D eigenvalue weighted by molar-refractivity contribution is -0.142. The van der Waals surface area contributed by atoms with E-state index in [0.717, 1.165) is 6.42 Å². The first kappa shape index (κ1) is 14.9. The molecule has 2 aliphatic rings. The van der Waals surface area contributed by atoms with Gasteiger partial charge in [-0.3, -0.25) is 4.79 Å². The van der Waals surface area contributed by atoms with Crippen molar-refractivity contribution in [1.82, 2.24) is 10.2 Å². The Kier molecular flexibility index (Phi) is 3.84. The van der Waals surface area contributed by atoms with Crippen LogP contribution in [0.2, 0.25) is 0 Å². The van der Waals surface area contributed by atoms with Gasteiger partial charge in [0, 0.05) is 18.1 Å². The molecule has 2 amide bonds. The van der Waals surface area contributed by atoms with Crippen LogP contribution in [0, 0.1) is 5.92 Å². The van der Waals surface area contributed by atoms with Crippen molar-refractivity contribution in [2.24, 2.45) is 5.92 Å². The number of carboxylic acid groups (broad SMARTS) is 1. The average Bonchev–Trinajstić information content (AvgIpc) is 2.82. The molecule has 2 saturated heterocycles. The summed E-state index contributed by atoms with van der Waals surface area (Å²) in [7, 11) is 0. The first-order valence-corrected chi connectivity index (χ1v) is 6.57. The number of carboxylic acids is 1. The lowest BCUT2D eigenvalue weighted by Gasteiger charge is -2.26. The summed E-state index contributed by atoms with van der Waals surface area (Å²) in [6.45, 7) is 1.29. The Balaban J connectivity index is 1.95. The second-order valence-electron chi connectivity index (χ2n) is 5.56. The molecule has 114 valence electrons. The van der Waals surface area contributed by atoms with Gasteiger partial charge in [0.05, 0.1) is 12.3 Å². The predicted octanol–water partition coefficient (Wildman–Crippen LogP) is 1.97. The summed E-state index contributed by atoms with van der Waals surface area (Å²) in [6.07, 6.45) is -3.72. The highest BCUT2D eigenvalue weighted by molar-refractivity contribution is 5.79. The first-order chi connectivity index (χ1) is 9.19. The highest BCUT2D eigenvalue weighted by Gasteiger charge is 2.51. The number of hydrogen-bond donors (Lipinski definition) is 2. The molecule has 0 aromatic heterocycles. The maximum absolute atomic E-state index is 12.2. The van der Waals surface area contributed by atoms with Gasteiger partial charge in [0.1, 0.15) is 0 Å². The average molecular weight is 294 g/mol. The van der Waals surface area contributed by atoms with Crippen molar-refractivity contribution in [2.75, 3.05) is 0 Å². The molecule has 0 aromatic rings. The Bertz CT molecular complexity index is 413. The molecule has 0 radical (unpaired) electrons. The number of nitrogens with one attached hydrogen (secondary N) is 1. The predicted molar refractivity (Wildman–Crippen MR) is 63.1 cm³/mol. The summed E-state index contributed by atoms with van der Waals surface area (Å²) in [6, 6.07) is -2.17. The summed E-state index contributed by atoms with van der Waals surface area (Å²) in [5, 5.41) is 11.4. The van der Waals surface area contributed by atoms with Gasteiger partial charge in [-0.05, 0) is 26.2 Å². The van der Waals surface area contributed by atoms with Crippen molar-refractivity contribution in [1.29, 1.82) is 0 Å². The SMILES string of the molecule is CC(CC(F)(F)F)NC(=O)N1C2CCC1C(C(=O)O)C2. The Morgan fingerprint density at radius 2 is 2.05 bits per heavy atom. The van der Waals surface area contributed by atoms with Crippen molar-refractivity contribution < 1.29 is 27.9 Å². The maximum atomic E-state index is 12.2. The number of nitrogens with zero attached hydrogens (tertiary/aromatic N) is 1.